The zero-order chi connectivity index (χ0) is 10.8. The van der Waals surface area contributed by atoms with Gasteiger partial charge in [0.2, 0.25) is 5.91 Å². The van der Waals surface area contributed by atoms with Crippen molar-refractivity contribution in [2.24, 2.45) is 11.7 Å². The highest BCUT2D eigenvalue weighted by molar-refractivity contribution is 5.81. The highest BCUT2D eigenvalue weighted by Crippen LogP contribution is 2.38. The lowest BCUT2D eigenvalue weighted by atomic mass is 9.95. The zero-order valence-electron chi connectivity index (χ0n) is 9.17. The van der Waals surface area contributed by atoms with E-state index < -0.39 is 6.10 Å². The molecule has 1 amide bonds. The number of hydrogen-bond acceptors (Lipinski definition) is 3. The molecule has 14 heavy (non-hydrogen) atoms. The average Bonchev–Trinajstić information content (AvgIpc) is 2.99. The van der Waals surface area contributed by atoms with Crippen molar-refractivity contribution in [2.75, 3.05) is 13.7 Å². The summed E-state index contributed by atoms with van der Waals surface area (Å²) in [5.74, 6) is 0.466. The summed E-state index contributed by atoms with van der Waals surface area (Å²) in [4.78, 5) is 11.6. The molecule has 1 aliphatic rings. The van der Waals surface area contributed by atoms with E-state index in [4.69, 9.17) is 10.5 Å². The van der Waals surface area contributed by atoms with Crippen LogP contribution in [-0.2, 0) is 9.53 Å². The average molecular weight is 200 g/mol. The van der Waals surface area contributed by atoms with Crippen molar-refractivity contribution >= 4 is 5.91 Å². The second-order valence-corrected chi connectivity index (χ2v) is 4.26. The Morgan fingerprint density at radius 3 is 2.64 bits per heavy atom. The van der Waals surface area contributed by atoms with Crippen molar-refractivity contribution in [2.45, 2.75) is 38.3 Å². The minimum absolute atomic E-state index is 0.0765. The van der Waals surface area contributed by atoms with Gasteiger partial charge in [0, 0.05) is 13.7 Å². The maximum Gasteiger partial charge on any atom is 0.249 e. The Morgan fingerprint density at radius 1 is 1.71 bits per heavy atom. The van der Waals surface area contributed by atoms with Gasteiger partial charge in [0.1, 0.15) is 6.10 Å². The van der Waals surface area contributed by atoms with Gasteiger partial charge in [0.25, 0.3) is 0 Å². The third-order valence-corrected chi connectivity index (χ3v) is 3.03. The van der Waals surface area contributed by atoms with Gasteiger partial charge in [0.05, 0.1) is 5.54 Å². The molecule has 0 aliphatic heterocycles. The van der Waals surface area contributed by atoms with Crippen LogP contribution < -0.4 is 11.1 Å². The Bertz CT molecular complexity index is 216. The fourth-order valence-electron chi connectivity index (χ4n) is 1.53. The lowest BCUT2D eigenvalue weighted by Crippen LogP contribution is -2.55. The van der Waals surface area contributed by atoms with E-state index in [-0.39, 0.29) is 11.4 Å². The minimum Gasteiger partial charge on any atom is -0.372 e. The molecule has 0 radical (unpaired) electrons. The zero-order valence-corrected chi connectivity index (χ0v) is 9.17. The second-order valence-electron chi connectivity index (χ2n) is 4.26. The highest BCUT2D eigenvalue weighted by atomic mass is 16.5. The highest BCUT2D eigenvalue weighted by Gasteiger charge is 2.42. The van der Waals surface area contributed by atoms with Crippen LogP contribution in [0.4, 0.5) is 0 Å². The molecule has 4 heteroatoms. The van der Waals surface area contributed by atoms with E-state index in [1.54, 1.807) is 6.92 Å². The number of ether oxygens (including phenoxy) is 1. The number of nitrogens with two attached hydrogens (primary N) is 1. The molecule has 0 aromatic heterocycles. The van der Waals surface area contributed by atoms with E-state index in [9.17, 15) is 4.79 Å². The number of nitrogens with one attached hydrogen (secondary N) is 1. The summed E-state index contributed by atoms with van der Waals surface area (Å²) in [6.07, 6.45) is 1.92. The van der Waals surface area contributed by atoms with Crippen LogP contribution in [0.1, 0.15) is 26.7 Å². The molecule has 0 heterocycles. The smallest absolute Gasteiger partial charge is 0.249 e. The van der Waals surface area contributed by atoms with Gasteiger partial charge in [-0.1, -0.05) is 0 Å². The summed E-state index contributed by atoms with van der Waals surface area (Å²) in [5, 5.41) is 2.97. The van der Waals surface area contributed by atoms with E-state index >= 15 is 0 Å². The lowest BCUT2D eigenvalue weighted by molar-refractivity contribution is -0.132. The Kier molecular flexibility index (Phi) is 3.50. The number of carbonyl (C=O) groups excluding carboxylic acids is 1. The predicted octanol–water partition coefficient (Wildman–Crippen LogP) is 0.265. The predicted molar refractivity (Wildman–Crippen MR) is 54.8 cm³/mol. The van der Waals surface area contributed by atoms with E-state index in [0.717, 1.165) is 12.8 Å². The fraction of sp³-hybridized carbons (Fsp3) is 0.900. The fourth-order valence-corrected chi connectivity index (χ4v) is 1.53. The molecule has 2 unspecified atom stereocenters. The van der Waals surface area contributed by atoms with Crippen molar-refractivity contribution in [1.82, 2.24) is 5.32 Å². The van der Waals surface area contributed by atoms with Crippen molar-refractivity contribution in [1.29, 1.82) is 0 Å². The van der Waals surface area contributed by atoms with Gasteiger partial charge < -0.3 is 15.8 Å². The summed E-state index contributed by atoms with van der Waals surface area (Å²) in [6, 6.07) is 0. The third-order valence-electron chi connectivity index (χ3n) is 3.03. The molecule has 2 atom stereocenters. The van der Waals surface area contributed by atoms with Gasteiger partial charge in [-0.3, -0.25) is 4.79 Å². The first kappa shape index (κ1) is 11.5. The first-order valence-electron chi connectivity index (χ1n) is 5.08. The van der Waals surface area contributed by atoms with E-state index in [1.807, 2.05) is 6.92 Å². The maximum atomic E-state index is 11.6. The van der Waals surface area contributed by atoms with Gasteiger partial charge in [-0.25, -0.2) is 0 Å². The molecule has 1 fully saturated rings. The Hall–Kier alpha value is -0.610. The van der Waals surface area contributed by atoms with Crippen LogP contribution in [0.25, 0.3) is 0 Å². The third kappa shape index (κ3) is 2.45. The van der Waals surface area contributed by atoms with Crippen molar-refractivity contribution in [3.63, 3.8) is 0 Å². The molecule has 3 N–H and O–H groups in total. The molecule has 1 rings (SSSR count). The SMILES string of the molecule is COC(C)C(=O)NC(C)(CN)C1CC1. The summed E-state index contributed by atoms with van der Waals surface area (Å²) in [6.45, 7) is 4.23. The van der Waals surface area contributed by atoms with Crippen molar-refractivity contribution in [3.8, 4) is 0 Å². The van der Waals surface area contributed by atoms with Gasteiger partial charge >= 0.3 is 0 Å². The molecule has 0 aromatic rings. The van der Waals surface area contributed by atoms with E-state index in [0.29, 0.717) is 12.5 Å². The molecule has 4 nitrogen and oxygen atoms in total. The van der Waals surface area contributed by atoms with Crippen LogP contribution in [0.15, 0.2) is 0 Å². The molecule has 82 valence electrons. The Morgan fingerprint density at radius 2 is 2.29 bits per heavy atom. The molecular weight excluding hydrogens is 180 g/mol. The normalized spacial score (nSPS) is 22.6. The van der Waals surface area contributed by atoms with Gasteiger partial charge in [-0.15, -0.1) is 0 Å². The number of hydrogen-bond donors (Lipinski definition) is 2. The Labute approximate surface area is 85.2 Å². The molecule has 0 saturated heterocycles. The molecule has 0 bridgehead atoms. The number of methoxy groups -OCH3 is 1. The summed E-state index contributed by atoms with van der Waals surface area (Å²) in [5.41, 5.74) is 5.44. The largest absolute Gasteiger partial charge is 0.372 e. The first-order valence-corrected chi connectivity index (χ1v) is 5.08. The lowest BCUT2D eigenvalue weighted by Gasteiger charge is -2.30. The summed E-state index contributed by atoms with van der Waals surface area (Å²) < 4.78 is 4.95. The standard InChI is InChI=1S/C10H20N2O2/c1-7(14-3)9(13)12-10(2,6-11)8-4-5-8/h7-8H,4-6,11H2,1-3H3,(H,12,13). The van der Waals surface area contributed by atoms with Crippen LogP contribution >= 0.6 is 0 Å². The van der Waals surface area contributed by atoms with E-state index in [2.05, 4.69) is 5.32 Å². The summed E-state index contributed by atoms with van der Waals surface area (Å²) >= 11 is 0. The van der Waals surface area contributed by atoms with Crippen LogP contribution in [0.5, 0.6) is 0 Å². The van der Waals surface area contributed by atoms with Gasteiger partial charge in [0.15, 0.2) is 0 Å². The Balaban J connectivity index is 2.51. The first-order chi connectivity index (χ1) is 6.53. The molecule has 1 saturated carbocycles. The summed E-state index contributed by atoms with van der Waals surface area (Å²) in [7, 11) is 1.53. The molecule has 1 aliphatic carbocycles. The molecular formula is C10H20N2O2. The second kappa shape index (κ2) is 4.28. The maximum absolute atomic E-state index is 11.6. The molecule has 0 spiro atoms. The topological polar surface area (TPSA) is 64.3 Å². The monoisotopic (exact) mass is 200 g/mol. The van der Waals surface area contributed by atoms with Crippen LogP contribution in [0.2, 0.25) is 0 Å². The van der Waals surface area contributed by atoms with Gasteiger partial charge in [-0.05, 0) is 32.6 Å². The van der Waals surface area contributed by atoms with Crippen LogP contribution in [-0.4, -0.2) is 31.2 Å². The van der Waals surface area contributed by atoms with Crippen molar-refractivity contribution in [3.05, 3.63) is 0 Å². The molecule has 0 aromatic carbocycles. The van der Waals surface area contributed by atoms with Crippen molar-refractivity contribution < 1.29 is 9.53 Å². The van der Waals surface area contributed by atoms with Crippen LogP contribution in [0, 0.1) is 5.92 Å². The van der Waals surface area contributed by atoms with E-state index in [1.165, 1.54) is 7.11 Å². The minimum atomic E-state index is -0.403. The van der Waals surface area contributed by atoms with Crippen LogP contribution in [0.3, 0.4) is 0 Å². The van der Waals surface area contributed by atoms with Gasteiger partial charge in [-0.2, -0.15) is 0 Å². The quantitative estimate of drug-likeness (QED) is 0.669. The number of rotatable bonds is 5. The number of amides is 1. The number of carbonyl (C=O) groups is 1.